The van der Waals surface area contributed by atoms with E-state index in [4.69, 9.17) is 10.5 Å². The molecule has 2 atom stereocenters. The van der Waals surface area contributed by atoms with Crippen LogP contribution in [0.25, 0.3) is 0 Å². The van der Waals surface area contributed by atoms with E-state index in [2.05, 4.69) is 9.55 Å². The molecule has 1 heterocycles. The number of ether oxygens (including phenoxy) is 1. The number of aryl methyl sites for hydroxylation is 1. The Morgan fingerprint density at radius 3 is 3.00 bits per heavy atom. The van der Waals surface area contributed by atoms with Crippen molar-refractivity contribution in [2.24, 2.45) is 5.73 Å². The van der Waals surface area contributed by atoms with Crippen LogP contribution in [0.2, 0.25) is 0 Å². The van der Waals surface area contributed by atoms with Crippen molar-refractivity contribution in [2.75, 3.05) is 6.61 Å². The summed E-state index contributed by atoms with van der Waals surface area (Å²) in [6.45, 7) is 1.78. The van der Waals surface area contributed by atoms with Gasteiger partial charge < -0.3 is 15.0 Å². The first kappa shape index (κ1) is 11.6. The first-order valence-electron chi connectivity index (χ1n) is 6.19. The van der Waals surface area contributed by atoms with Crippen molar-refractivity contribution < 1.29 is 4.74 Å². The normalized spacial score (nSPS) is 25.8. The van der Waals surface area contributed by atoms with E-state index >= 15 is 0 Å². The average Bonchev–Trinajstić information content (AvgIpc) is 2.79. The fraction of sp³-hybridized carbons (Fsp3) is 0.750. The van der Waals surface area contributed by atoms with Gasteiger partial charge in [0.2, 0.25) is 0 Å². The lowest BCUT2D eigenvalue weighted by Gasteiger charge is -2.28. The second kappa shape index (κ2) is 6.01. The van der Waals surface area contributed by atoms with Crippen LogP contribution in [0.4, 0.5) is 0 Å². The van der Waals surface area contributed by atoms with E-state index in [0.717, 1.165) is 32.4 Å². The molecule has 0 spiro atoms. The van der Waals surface area contributed by atoms with Gasteiger partial charge in [-0.2, -0.15) is 0 Å². The van der Waals surface area contributed by atoms with Crippen molar-refractivity contribution in [1.82, 2.24) is 9.55 Å². The SMILES string of the molecule is NC1CCCCC1OCCCn1ccnc1. The molecule has 90 valence electrons. The van der Waals surface area contributed by atoms with Crippen molar-refractivity contribution in [1.29, 1.82) is 0 Å². The largest absolute Gasteiger partial charge is 0.377 e. The van der Waals surface area contributed by atoms with Gasteiger partial charge in [0, 0.05) is 31.6 Å². The molecule has 1 aliphatic rings. The zero-order valence-corrected chi connectivity index (χ0v) is 9.72. The third-order valence-electron chi connectivity index (χ3n) is 3.21. The molecule has 1 fully saturated rings. The van der Waals surface area contributed by atoms with E-state index in [1.807, 2.05) is 12.5 Å². The maximum atomic E-state index is 6.02. The minimum atomic E-state index is 0.252. The van der Waals surface area contributed by atoms with Gasteiger partial charge in [-0.1, -0.05) is 12.8 Å². The van der Waals surface area contributed by atoms with Gasteiger partial charge in [-0.3, -0.25) is 0 Å². The fourth-order valence-corrected chi connectivity index (χ4v) is 2.23. The zero-order chi connectivity index (χ0) is 11.2. The number of rotatable bonds is 5. The first-order valence-corrected chi connectivity index (χ1v) is 6.19. The maximum absolute atomic E-state index is 6.02. The van der Waals surface area contributed by atoms with Crippen molar-refractivity contribution in [3.63, 3.8) is 0 Å². The molecule has 4 heteroatoms. The summed E-state index contributed by atoms with van der Waals surface area (Å²) in [6, 6.07) is 0.252. The van der Waals surface area contributed by atoms with Crippen LogP contribution in [0.1, 0.15) is 32.1 Å². The van der Waals surface area contributed by atoms with Gasteiger partial charge in [-0.25, -0.2) is 4.98 Å². The predicted molar refractivity (Wildman–Crippen MR) is 63.0 cm³/mol. The average molecular weight is 223 g/mol. The van der Waals surface area contributed by atoms with E-state index in [9.17, 15) is 0 Å². The van der Waals surface area contributed by atoms with Crippen LogP contribution >= 0.6 is 0 Å². The summed E-state index contributed by atoms with van der Waals surface area (Å²) in [7, 11) is 0. The molecule has 1 aromatic heterocycles. The lowest BCUT2D eigenvalue weighted by atomic mass is 9.93. The highest BCUT2D eigenvalue weighted by Gasteiger charge is 2.21. The summed E-state index contributed by atoms with van der Waals surface area (Å²) in [5, 5.41) is 0. The van der Waals surface area contributed by atoms with Crippen molar-refractivity contribution in [2.45, 2.75) is 50.8 Å². The number of hydrogen-bond acceptors (Lipinski definition) is 3. The Kier molecular flexibility index (Phi) is 4.36. The van der Waals surface area contributed by atoms with Crippen LogP contribution in [0, 0.1) is 0 Å². The topological polar surface area (TPSA) is 53.1 Å². The number of nitrogens with zero attached hydrogens (tertiary/aromatic N) is 2. The number of nitrogens with two attached hydrogens (primary N) is 1. The Morgan fingerprint density at radius 2 is 2.25 bits per heavy atom. The van der Waals surface area contributed by atoms with Crippen molar-refractivity contribution in [3.8, 4) is 0 Å². The zero-order valence-electron chi connectivity index (χ0n) is 9.72. The molecule has 0 saturated heterocycles. The molecule has 2 N–H and O–H groups in total. The summed E-state index contributed by atoms with van der Waals surface area (Å²) < 4.78 is 7.91. The van der Waals surface area contributed by atoms with Gasteiger partial charge in [-0.15, -0.1) is 0 Å². The molecule has 0 aliphatic heterocycles. The smallest absolute Gasteiger partial charge is 0.0945 e. The minimum absolute atomic E-state index is 0.252. The maximum Gasteiger partial charge on any atom is 0.0945 e. The number of hydrogen-bond donors (Lipinski definition) is 1. The van der Waals surface area contributed by atoms with Gasteiger partial charge in [-0.05, 0) is 19.3 Å². The summed E-state index contributed by atoms with van der Waals surface area (Å²) in [5.41, 5.74) is 6.02. The van der Waals surface area contributed by atoms with Crippen LogP contribution in [0.3, 0.4) is 0 Å². The molecule has 1 aliphatic carbocycles. The van der Waals surface area contributed by atoms with Crippen molar-refractivity contribution >= 4 is 0 Å². The molecule has 2 unspecified atom stereocenters. The Bertz CT molecular complexity index is 286. The van der Waals surface area contributed by atoms with Crippen LogP contribution in [-0.4, -0.2) is 28.3 Å². The molecule has 0 aromatic carbocycles. The van der Waals surface area contributed by atoms with Gasteiger partial charge in [0.1, 0.15) is 0 Å². The second-order valence-electron chi connectivity index (χ2n) is 4.51. The lowest BCUT2D eigenvalue weighted by Crippen LogP contribution is -2.39. The summed E-state index contributed by atoms with van der Waals surface area (Å²) in [5.74, 6) is 0. The molecule has 0 bridgehead atoms. The summed E-state index contributed by atoms with van der Waals surface area (Å²) >= 11 is 0. The summed E-state index contributed by atoms with van der Waals surface area (Å²) in [6.07, 6.45) is 11.7. The molecule has 2 rings (SSSR count). The van der Waals surface area contributed by atoms with Gasteiger partial charge >= 0.3 is 0 Å². The Balaban J connectivity index is 1.60. The van der Waals surface area contributed by atoms with E-state index in [1.54, 1.807) is 6.20 Å². The monoisotopic (exact) mass is 223 g/mol. The van der Waals surface area contributed by atoms with E-state index in [-0.39, 0.29) is 12.1 Å². The molecule has 1 aromatic rings. The molecular formula is C12H21N3O. The number of imidazole rings is 1. The Morgan fingerprint density at radius 1 is 1.38 bits per heavy atom. The second-order valence-corrected chi connectivity index (χ2v) is 4.51. The quantitative estimate of drug-likeness (QED) is 0.771. The molecule has 4 nitrogen and oxygen atoms in total. The highest BCUT2D eigenvalue weighted by Crippen LogP contribution is 2.19. The molecular weight excluding hydrogens is 202 g/mol. The van der Waals surface area contributed by atoms with Crippen LogP contribution in [-0.2, 0) is 11.3 Å². The minimum Gasteiger partial charge on any atom is -0.377 e. The standard InChI is InChI=1S/C12H21N3O/c13-11-4-1-2-5-12(11)16-9-3-7-15-8-6-14-10-15/h6,8,10-12H,1-5,7,9,13H2. The van der Waals surface area contributed by atoms with Crippen LogP contribution in [0.5, 0.6) is 0 Å². The highest BCUT2D eigenvalue weighted by atomic mass is 16.5. The summed E-state index contributed by atoms with van der Waals surface area (Å²) in [4.78, 5) is 4.00. The first-order chi connectivity index (χ1) is 7.86. The Labute approximate surface area is 96.8 Å². The van der Waals surface area contributed by atoms with E-state index in [1.165, 1.54) is 12.8 Å². The van der Waals surface area contributed by atoms with Gasteiger partial charge in [0.25, 0.3) is 0 Å². The third kappa shape index (κ3) is 3.32. The molecule has 1 saturated carbocycles. The fourth-order valence-electron chi connectivity index (χ4n) is 2.23. The molecule has 16 heavy (non-hydrogen) atoms. The van der Waals surface area contributed by atoms with E-state index in [0.29, 0.717) is 0 Å². The number of aromatic nitrogens is 2. The lowest BCUT2D eigenvalue weighted by molar-refractivity contribution is 0.0127. The molecule has 0 radical (unpaired) electrons. The third-order valence-corrected chi connectivity index (χ3v) is 3.21. The van der Waals surface area contributed by atoms with Gasteiger partial charge in [0.05, 0.1) is 12.4 Å². The van der Waals surface area contributed by atoms with E-state index < -0.39 is 0 Å². The van der Waals surface area contributed by atoms with Crippen LogP contribution < -0.4 is 5.73 Å². The highest BCUT2D eigenvalue weighted by molar-refractivity contribution is 4.78. The predicted octanol–water partition coefficient (Wildman–Crippen LogP) is 1.56. The van der Waals surface area contributed by atoms with Gasteiger partial charge in [0.15, 0.2) is 0 Å². The Hall–Kier alpha value is -0.870. The van der Waals surface area contributed by atoms with Crippen LogP contribution in [0.15, 0.2) is 18.7 Å². The van der Waals surface area contributed by atoms with Crippen molar-refractivity contribution in [3.05, 3.63) is 18.7 Å². The molecule has 0 amide bonds.